The average Bonchev–Trinajstić information content (AvgIpc) is 2.80. The first kappa shape index (κ1) is 15.3. The molecule has 2 heterocycles. The highest BCUT2D eigenvalue weighted by Gasteiger charge is 2.38. The van der Waals surface area contributed by atoms with Crippen LogP contribution in [0.5, 0.6) is 0 Å². The van der Waals surface area contributed by atoms with Crippen molar-refractivity contribution in [1.29, 1.82) is 0 Å². The lowest BCUT2D eigenvalue weighted by Gasteiger charge is -2.35. The van der Waals surface area contributed by atoms with E-state index in [2.05, 4.69) is 0 Å². The SMILES string of the molecule is COCCN1CC(C(=O)N2CCC(O)C(C)C2)CC1=O. The number of methoxy groups -OCH3 is 1. The molecular weight excluding hydrogens is 260 g/mol. The molecule has 0 aromatic carbocycles. The topological polar surface area (TPSA) is 70.1 Å². The molecule has 3 atom stereocenters. The predicted octanol–water partition coefficient (Wildman–Crippen LogP) is -0.289. The van der Waals surface area contributed by atoms with Crippen LogP contribution in [-0.2, 0) is 14.3 Å². The summed E-state index contributed by atoms with van der Waals surface area (Å²) in [5, 5.41) is 9.71. The lowest BCUT2D eigenvalue weighted by Crippen LogP contribution is -2.47. The van der Waals surface area contributed by atoms with E-state index in [1.807, 2.05) is 6.92 Å². The second kappa shape index (κ2) is 6.54. The van der Waals surface area contributed by atoms with Crippen molar-refractivity contribution in [3.05, 3.63) is 0 Å². The van der Waals surface area contributed by atoms with Gasteiger partial charge in [-0.25, -0.2) is 0 Å². The molecule has 0 aromatic rings. The number of aliphatic hydroxyl groups is 1. The number of rotatable bonds is 4. The van der Waals surface area contributed by atoms with Gasteiger partial charge in [-0.1, -0.05) is 6.92 Å². The molecule has 6 nitrogen and oxygen atoms in total. The molecule has 0 bridgehead atoms. The van der Waals surface area contributed by atoms with Gasteiger partial charge in [0.2, 0.25) is 11.8 Å². The molecule has 2 aliphatic rings. The van der Waals surface area contributed by atoms with Crippen LogP contribution in [0.1, 0.15) is 19.8 Å². The summed E-state index contributed by atoms with van der Waals surface area (Å²) < 4.78 is 4.97. The maximum absolute atomic E-state index is 12.5. The fourth-order valence-corrected chi connectivity index (χ4v) is 2.95. The molecule has 0 saturated carbocycles. The number of ether oxygens (including phenoxy) is 1. The van der Waals surface area contributed by atoms with E-state index in [0.29, 0.717) is 45.6 Å². The Balaban J connectivity index is 1.89. The van der Waals surface area contributed by atoms with Gasteiger partial charge in [-0.15, -0.1) is 0 Å². The molecule has 2 rings (SSSR count). The third-order valence-electron chi connectivity index (χ3n) is 4.30. The Hall–Kier alpha value is -1.14. The molecule has 2 fully saturated rings. The lowest BCUT2D eigenvalue weighted by atomic mass is 9.95. The first-order valence-corrected chi connectivity index (χ1v) is 7.26. The van der Waals surface area contributed by atoms with Crippen LogP contribution >= 0.6 is 0 Å². The van der Waals surface area contributed by atoms with E-state index < -0.39 is 0 Å². The summed E-state index contributed by atoms with van der Waals surface area (Å²) in [4.78, 5) is 27.8. The third-order valence-corrected chi connectivity index (χ3v) is 4.30. The maximum atomic E-state index is 12.5. The number of nitrogens with zero attached hydrogens (tertiary/aromatic N) is 2. The molecule has 0 spiro atoms. The lowest BCUT2D eigenvalue weighted by molar-refractivity contribution is -0.139. The van der Waals surface area contributed by atoms with Gasteiger partial charge < -0.3 is 19.6 Å². The first-order valence-electron chi connectivity index (χ1n) is 7.26. The summed E-state index contributed by atoms with van der Waals surface area (Å²) in [5.74, 6) is -0.0429. The maximum Gasteiger partial charge on any atom is 0.228 e. The Labute approximate surface area is 119 Å². The largest absolute Gasteiger partial charge is 0.393 e. The molecule has 6 heteroatoms. The molecule has 114 valence electrons. The van der Waals surface area contributed by atoms with Crippen molar-refractivity contribution in [2.45, 2.75) is 25.9 Å². The second-order valence-corrected chi connectivity index (χ2v) is 5.85. The number of hydrogen-bond donors (Lipinski definition) is 1. The van der Waals surface area contributed by atoms with Crippen molar-refractivity contribution in [3.8, 4) is 0 Å². The number of piperidine rings is 1. The zero-order chi connectivity index (χ0) is 14.7. The molecule has 2 amide bonds. The van der Waals surface area contributed by atoms with Crippen LogP contribution in [0, 0.1) is 11.8 Å². The Morgan fingerprint density at radius 3 is 2.85 bits per heavy atom. The second-order valence-electron chi connectivity index (χ2n) is 5.85. The molecule has 0 radical (unpaired) electrons. The van der Waals surface area contributed by atoms with Gasteiger partial charge in [0.15, 0.2) is 0 Å². The molecule has 20 heavy (non-hydrogen) atoms. The van der Waals surface area contributed by atoms with Crippen molar-refractivity contribution in [1.82, 2.24) is 9.80 Å². The standard InChI is InChI=1S/C14H24N2O4/c1-10-8-16(4-3-12(10)17)14(19)11-7-13(18)15(9-11)5-6-20-2/h10-12,17H,3-9H2,1-2H3. The number of aliphatic hydroxyl groups excluding tert-OH is 1. The number of carbonyl (C=O) groups excluding carboxylic acids is 2. The van der Waals surface area contributed by atoms with Crippen molar-refractivity contribution < 1.29 is 19.4 Å². The summed E-state index contributed by atoms with van der Waals surface area (Å²) in [6.07, 6.45) is 0.610. The van der Waals surface area contributed by atoms with Gasteiger partial charge in [-0.3, -0.25) is 9.59 Å². The number of amides is 2. The smallest absolute Gasteiger partial charge is 0.228 e. The molecule has 0 aliphatic carbocycles. The molecule has 2 aliphatic heterocycles. The summed E-state index contributed by atoms with van der Waals surface area (Å²) in [7, 11) is 1.60. The Bertz CT molecular complexity index is 374. The predicted molar refractivity (Wildman–Crippen MR) is 72.9 cm³/mol. The normalized spacial score (nSPS) is 30.9. The molecule has 0 aromatic heterocycles. The van der Waals surface area contributed by atoms with Crippen LogP contribution in [0.2, 0.25) is 0 Å². The van der Waals surface area contributed by atoms with Crippen LogP contribution in [0.3, 0.4) is 0 Å². The molecule has 1 N–H and O–H groups in total. The zero-order valence-electron chi connectivity index (χ0n) is 12.2. The van der Waals surface area contributed by atoms with Crippen LogP contribution in [0.4, 0.5) is 0 Å². The minimum atomic E-state index is -0.317. The van der Waals surface area contributed by atoms with Gasteiger partial charge in [-0.05, 0) is 12.3 Å². The van der Waals surface area contributed by atoms with E-state index in [1.165, 1.54) is 0 Å². The van der Waals surface area contributed by atoms with Gasteiger partial charge in [0.1, 0.15) is 0 Å². The Morgan fingerprint density at radius 1 is 1.45 bits per heavy atom. The minimum absolute atomic E-state index is 0.0329. The minimum Gasteiger partial charge on any atom is -0.393 e. The zero-order valence-corrected chi connectivity index (χ0v) is 12.2. The van der Waals surface area contributed by atoms with E-state index in [1.54, 1.807) is 16.9 Å². The fourth-order valence-electron chi connectivity index (χ4n) is 2.95. The fraction of sp³-hybridized carbons (Fsp3) is 0.857. The summed E-state index contributed by atoms with van der Waals surface area (Å²) >= 11 is 0. The summed E-state index contributed by atoms with van der Waals surface area (Å²) in [6.45, 7) is 4.67. The first-order chi connectivity index (χ1) is 9.52. The van der Waals surface area contributed by atoms with Crippen LogP contribution in [0.15, 0.2) is 0 Å². The highest BCUT2D eigenvalue weighted by molar-refractivity contribution is 5.89. The molecular formula is C14H24N2O4. The quantitative estimate of drug-likeness (QED) is 0.770. The Kier molecular flexibility index (Phi) is 4.99. The summed E-state index contributed by atoms with van der Waals surface area (Å²) in [6, 6.07) is 0. The van der Waals surface area contributed by atoms with Crippen LogP contribution < -0.4 is 0 Å². The number of likely N-dealkylation sites (tertiary alicyclic amines) is 2. The van der Waals surface area contributed by atoms with E-state index in [9.17, 15) is 14.7 Å². The van der Waals surface area contributed by atoms with E-state index in [0.717, 1.165) is 0 Å². The monoisotopic (exact) mass is 284 g/mol. The van der Waals surface area contributed by atoms with Gasteiger partial charge in [-0.2, -0.15) is 0 Å². The molecule has 3 unspecified atom stereocenters. The van der Waals surface area contributed by atoms with Crippen molar-refractivity contribution >= 4 is 11.8 Å². The average molecular weight is 284 g/mol. The van der Waals surface area contributed by atoms with Crippen LogP contribution in [-0.4, -0.2) is 72.7 Å². The van der Waals surface area contributed by atoms with Gasteiger partial charge >= 0.3 is 0 Å². The van der Waals surface area contributed by atoms with Crippen molar-refractivity contribution in [2.24, 2.45) is 11.8 Å². The highest BCUT2D eigenvalue weighted by Crippen LogP contribution is 2.23. The highest BCUT2D eigenvalue weighted by atomic mass is 16.5. The third kappa shape index (κ3) is 3.30. The van der Waals surface area contributed by atoms with Crippen molar-refractivity contribution in [2.75, 3.05) is 39.9 Å². The Morgan fingerprint density at radius 2 is 2.20 bits per heavy atom. The van der Waals surface area contributed by atoms with Crippen LogP contribution in [0.25, 0.3) is 0 Å². The summed E-state index contributed by atoms with van der Waals surface area (Å²) in [5.41, 5.74) is 0. The van der Waals surface area contributed by atoms with E-state index >= 15 is 0 Å². The van der Waals surface area contributed by atoms with Gasteiger partial charge in [0.05, 0.1) is 18.6 Å². The van der Waals surface area contributed by atoms with Gasteiger partial charge in [0.25, 0.3) is 0 Å². The number of carbonyl (C=O) groups is 2. The number of hydrogen-bond acceptors (Lipinski definition) is 4. The molecule has 2 saturated heterocycles. The van der Waals surface area contributed by atoms with E-state index in [-0.39, 0.29) is 29.8 Å². The van der Waals surface area contributed by atoms with E-state index in [4.69, 9.17) is 4.74 Å². The van der Waals surface area contributed by atoms with Gasteiger partial charge in [0, 0.05) is 39.7 Å². The van der Waals surface area contributed by atoms with Crippen molar-refractivity contribution in [3.63, 3.8) is 0 Å².